The van der Waals surface area contributed by atoms with Gasteiger partial charge in [-0.2, -0.15) is 0 Å². The minimum atomic E-state index is -0.158. The number of aliphatic hydroxyl groups excluding tert-OH is 1. The van der Waals surface area contributed by atoms with E-state index in [0.717, 1.165) is 45.2 Å². The average molecular weight is 227 g/mol. The Morgan fingerprint density at radius 1 is 1.25 bits per heavy atom. The van der Waals surface area contributed by atoms with Crippen molar-refractivity contribution in [1.29, 1.82) is 0 Å². The molecule has 4 nitrogen and oxygen atoms in total. The van der Waals surface area contributed by atoms with Crippen LogP contribution in [0.1, 0.15) is 32.1 Å². The molecular weight excluding hydrogens is 206 g/mol. The van der Waals surface area contributed by atoms with E-state index in [-0.39, 0.29) is 18.0 Å². The highest BCUT2D eigenvalue weighted by molar-refractivity contribution is 5.72. The van der Waals surface area contributed by atoms with Crippen molar-refractivity contribution in [2.45, 2.75) is 44.2 Å². The lowest BCUT2D eigenvalue weighted by Gasteiger charge is -2.36. The van der Waals surface area contributed by atoms with Crippen molar-refractivity contribution in [2.24, 2.45) is 5.92 Å². The highest BCUT2D eigenvalue weighted by Gasteiger charge is 2.34. The van der Waals surface area contributed by atoms with Gasteiger partial charge in [0.1, 0.15) is 0 Å². The van der Waals surface area contributed by atoms with Gasteiger partial charge in [-0.1, -0.05) is 0 Å². The van der Waals surface area contributed by atoms with Crippen molar-refractivity contribution in [1.82, 2.24) is 4.90 Å². The number of carbonyl (C=O) groups excluding carboxylic acids is 1. The summed E-state index contributed by atoms with van der Waals surface area (Å²) >= 11 is 0. The van der Waals surface area contributed by atoms with E-state index in [2.05, 4.69) is 4.90 Å². The molecule has 0 radical (unpaired) electrons. The molecule has 1 aliphatic carbocycles. The van der Waals surface area contributed by atoms with Crippen LogP contribution < -0.4 is 0 Å². The lowest BCUT2D eigenvalue weighted by atomic mass is 9.95. The Morgan fingerprint density at radius 3 is 2.44 bits per heavy atom. The molecule has 1 saturated heterocycles. The van der Waals surface area contributed by atoms with Gasteiger partial charge in [0.05, 0.1) is 19.1 Å². The largest absolute Gasteiger partial charge is 0.469 e. The quantitative estimate of drug-likeness (QED) is 0.708. The number of piperidine rings is 1. The molecule has 0 amide bonds. The first-order chi connectivity index (χ1) is 7.72. The average Bonchev–Trinajstić information content (AvgIpc) is 2.75. The summed E-state index contributed by atoms with van der Waals surface area (Å²) in [5, 5.41) is 9.83. The second-order valence-corrected chi connectivity index (χ2v) is 4.90. The maximum atomic E-state index is 11.4. The van der Waals surface area contributed by atoms with E-state index < -0.39 is 0 Å². The van der Waals surface area contributed by atoms with Gasteiger partial charge >= 0.3 is 5.97 Å². The maximum absolute atomic E-state index is 11.4. The van der Waals surface area contributed by atoms with E-state index in [4.69, 9.17) is 4.74 Å². The zero-order valence-electron chi connectivity index (χ0n) is 9.89. The molecule has 1 heterocycles. The summed E-state index contributed by atoms with van der Waals surface area (Å²) in [6, 6.07) is 0.332. The van der Waals surface area contributed by atoms with Crippen LogP contribution in [0.25, 0.3) is 0 Å². The fraction of sp³-hybridized carbons (Fsp3) is 0.917. The van der Waals surface area contributed by atoms with Crippen LogP contribution in [0.4, 0.5) is 0 Å². The first-order valence-corrected chi connectivity index (χ1v) is 6.22. The molecule has 0 spiro atoms. The number of likely N-dealkylation sites (tertiary alicyclic amines) is 1. The summed E-state index contributed by atoms with van der Waals surface area (Å²) in [5.41, 5.74) is 0. The number of hydrogen-bond donors (Lipinski definition) is 1. The third-order valence-corrected chi connectivity index (χ3v) is 3.98. The number of carbonyl (C=O) groups is 1. The van der Waals surface area contributed by atoms with Gasteiger partial charge in [-0.05, 0) is 45.2 Å². The van der Waals surface area contributed by atoms with E-state index in [1.165, 1.54) is 7.11 Å². The summed E-state index contributed by atoms with van der Waals surface area (Å²) < 4.78 is 4.76. The molecule has 1 aliphatic heterocycles. The van der Waals surface area contributed by atoms with E-state index in [1.54, 1.807) is 0 Å². The first kappa shape index (κ1) is 11.9. The predicted octanol–water partition coefficient (Wildman–Crippen LogP) is 0.785. The van der Waals surface area contributed by atoms with Gasteiger partial charge in [-0.3, -0.25) is 9.69 Å². The molecule has 1 saturated carbocycles. The minimum Gasteiger partial charge on any atom is -0.469 e. The summed E-state index contributed by atoms with van der Waals surface area (Å²) in [4.78, 5) is 13.7. The van der Waals surface area contributed by atoms with Gasteiger partial charge in [0.2, 0.25) is 0 Å². The van der Waals surface area contributed by atoms with Crippen molar-refractivity contribution in [2.75, 3.05) is 20.2 Å². The van der Waals surface area contributed by atoms with E-state index in [9.17, 15) is 9.90 Å². The molecule has 2 atom stereocenters. The fourth-order valence-electron chi connectivity index (χ4n) is 2.98. The van der Waals surface area contributed by atoms with Crippen molar-refractivity contribution < 1.29 is 14.6 Å². The van der Waals surface area contributed by atoms with Gasteiger partial charge in [0, 0.05) is 6.04 Å². The standard InChI is InChI=1S/C12H21NO3/c1-16-12(15)9-5-7-13(8-6-9)10-3-2-4-11(10)14/h9-11,14H,2-8H2,1H3/t10-,11-/m0/s1. The molecule has 0 aromatic heterocycles. The Hall–Kier alpha value is -0.610. The summed E-state index contributed by atoms with van der Waals surface area (Å²) in [5.74, 6) is -0.00795. The molecule has 0 aromatic rings. The van der Waals surface area contributed by atoms with Crippen LogP contribution in [0.15, 0.2) is 0 Å². The van der Waals surface area contributed by atoms with Crippen molar-refractivity contribution in [3.63, 3.8) is 0 Å². The van der Waals surface area contributed by atoms with Crippen LogP contribution in [-0.2, 0) is 9.53 Å². The topological polar surface area (TPSA) is 49.8 Å². The number of aliphatic hydroxyl groups is 1. The van der Waals surface area contributed by atoms with Crippen LogP contribution in [0, 0.1) is 5.92 Å². The molecular formula is C12H21NO3. The monoisotopic (exact) mass is 227 g/mol. The van der Waals surface area contributed by atoms with Crippen molar-refractivity contribution in [3.05, 3.63) is 0 Å². The lowest BCUT2D eigenvalue weighted by Crippen LogP contribution is -2.46. The van der Waals surface area contributed by atoms with Gasteiger partial charge in [-0.15, -0.1) is 0 Å². The maximum Gasteiger partial charge on any atom is 0.308 e. The second-order valence-electron chi connectivity index (χ2n) is 4.90. The fourth-order valence-corrected chi connectivity index (χ4v) is 2.98. The van der Waals surface area contributed by atoms with E-state index in [0.29, 0.717) is 6.04 Å². The Balaban J connectivity index is 1.83. The molecule has 0 unspecified atom stereocenters. The molecule has 92 valence electrons. The van der Waals surface area contributed by atoms with E-state index in [1.807, 2.05) is 0 Å². The Kier molecular flexibility index (Phi) is 3.82. The summed E-state index contributed by atoms with van der Waals surface area (Å²) in [6.07, 6.45) is 4.75. The smallest absolute Gasteiger partial charge is 0.308 e. The second kappa shape index (κ2) is 5.15. The van der Waals surface area contributed by atoms with Crippen LogP contribution in [0.2, 0.25) is 0 Å². The zero-order valence-corrected chi connectivity index (χ0v) is 9.89. The highest BCUT2D eigenvalue weighted by atomic mass is 16.5. The van der Waals surface area contributed by atoms with Crippen molar-refractivity contribution >= 4 is 5.97 Å². The molecule has 4 heteroatoms. The molecule has 16 heavy (non-hydrogen) atoms. The normalized spacial score (nSPS) is 32.9. The molecule has 0 aromatic carbocycles. The Labute approximate surface area is 96.6 Å². The van der Waals surface area contributed by atoms with Crippen molar-refractivity contribution in [3.8, 4) is 0 Å². The van der Waals surface area contributed by atoms with Crippen LogP contribution in [-0.4, -0.2) is 48.3 Å². The predicted molar refractivity (Wildman–Crippen MR) is 60.0 cm³/mol. The number of ether oxygens (including phenoxy) is 1. The van der Waals surface area contributed by atoms with Gasteiger partial charge < -0.3 is 9.84 Å². The van der Waals surface area contributed by atoms with Crippen LogP contribution in [0.3, 0.4) is 0 Å². The molecule has 2 rings (SSSR count). The molecule has 2 aliphatic rings. The van der Waals surface area contributed by atoms with Gasteiger partial charge in [-0.25, -0.2) is 0 Å². The first-order valence-electron chi connectivity index (χ1n) is 6.22. The molecule has 2 fully saturated rings. The Bertz CT molecular complexity index is 249. The SMILES string of the molecule is COC(=O)C1CCN([C@H]2CCC[C@@H]2O)CC1. The number of nitrogens with zero attached hydrogens (tertiary/aromatic N) is 1. The number of hydrogen-bond acceptors (Lipinski definition) is 4. The zero-order chi connectivity index (χ0) is 11.5. The van der Waals surface area contributed by atoms with Gasteiger partial charge in [0.25, 0.3) is 0 Å². The highest BCUT2D eigenvalue weighted by Crippen LogP contribution is 2.28. The lowest BCUT2D eigenvalue weighted by molar-refractivity contribution is -0.147. The van der Waals surface area contributed by atoms with Crippen LogP contribution in [0.5, 0.6) is 0 Å². The molecule has 0 bridgehead atoms. The Morgan fingerprint density at radius 2 is 1.94 bits per heavy atom. The summed E-state index contributed by atoms with van der Waals surface area (Å²) in [6.45, 7) is 1.84. The third kappa shape index (κ3) is 2.38. The molecule has 1 N–H and O–H groups in total. The summed E-state index contributed by atoms with van der Waals surface area (Å²) in [7, 11) is 1.45. The minimum absolute atomic E-state index is 0.0693. The van der Waals surface area contributed by atoms with Gasteiger partial charge in [0.15, 0.2) is 0 Å². The third-order valence-electron chi connectivity index (χ3n) is 3.98. The number of methoxy groups -OCH3 is 1. The van der Waals surface area contributed by atoms with E-state index >= 15 is 0 Å². The number of esters is 1. The number of rotatable bonds is 2. The van der Waals surface area contributed by atoms with Crippen LogP contribution >= 0.6 is 0 Å².